The molecule has 2 aromatic rings. The minimum atomic E-state index is -0.952. The van der Waals surface area contributed by atoms with E-state index in [1.165, 1.54) is 0 Å². The van der Waals surface area contributed by atoms with Crippen LogP contribution in [-0.4, -0.2) is 14.9 Å². The van der Waals surface area contributed by atoms with Crippen LogP contribution >= 0.6 is 0 Å². The lowest BCUT2D eigenvalue weighted by Gasteiger charge is -2.27. The van der Waals surface area contributed by atoms with E-state index in [0.717, 1.165) is 11.3 Å². The predicted molar refractivity (Wildman–Crippen MR) is 62.9 cm³/mol. The van der Waals surface area contributed by atoms with E-state index in [4.69, 9.17) is 0 Å². The predicted octanol–water partition coefficient (Wildman–Crippen LogP) is 2.07. The summed E-state index contributed by atoms with van der Waals surface area (Å²) in [5.74, 6) is 0. The van der Waals surface area contributed by atoms with Gasteiger partial charge in [0.15, 0.2) is 0 Å². The van der Waals surface area contributed by atoms with Crippen molar-refractivity contribution in [1.29, 1.82) is 0 Å². The third kappa shape index (κ3) is 1.63. The van der Waals surface area contributed by atoms with Crippen LogP contribution in [-0.2, 0) is 12.6 Å². The molecule has 0 amide bonds. The Morgan fingerprint density at radius 2 is 1.94 bits per heavy atom. The first-order valence-corrected chi connectivity index (χ1v) is 5.45. The van der Waals surface area contributed by atoms with E-state index < -0.39 is 5.60 Å². The van der Waals surface area contributed by atoms with Gasteiger partial charge in [-0.1, -0.05) is 37.3 Å². The molecular weight excluding hydrogens is 200 g/mol. The minimum absolute atomic E-state index is 0.622. The van der Waals surface area contributed by atoms with Crippen molar-refractivity contribution in [2.24, 2.45) is 7.05 Å². The van der Waals surface area contributed by atoms with E-state index in [2.05, 4.69) is 5.10 Å². The van der Waals surface area contributed by atoms with Crippen LogP contribution < -0.4 is 0 Å². The number of rotatable bonds is 3. The number of hydrogen-bond acceptors (Lipinski definition) is 2. The summed E-state index contributed by atoms with van der Waals surface area (Å²) in [4.78, 5) is 0. The van der Waals surface area contributed by atoms with Crippen LogP contribution in [0.2, 0.25) is 0 Å². The van der Waals surface area contributed by atoms with Crippen molar-refractivity contribution < 1.29 is 5.11 Å². The van der Waals surface area contributed by atoms with E-state index in [1.807, 2.05) is 50.4 Å². The van der Waals surface area contributed by atoms with Gasteiger partial charge in [0.1, 0.15) is 5.60 Å². The van der Waals surface area contributed by atoms with Crippen LogP contribution in [0.3, 0.4) is 0 Å². The lowest BCUT2D eigenvalue weighted by atomic mass is 9.88. The summed E-state index contributed by atoms with van der Waals surface area (Å²) < 4.78 is 1.72. The second kappa shape index (κ2) is 4.10. The summed E-state index contributed by atoms with van der Waals surface area (Å²) in [7, 11) is 1.85. The van der Waals surface area contributed by atoms with E-state index in [0.29, 0.717) is 6.42 Å². The highest BCUT2D eigenvalue weighted by atomic mass is 16.3. The Bertz CT molecular complexity index is 464. The molecule has 84 valence electrons. The normalized spacial score (nSPS) is 14.7. The Morgan fingerprint density at radius 3 is 2.44 bits per heavy atom. The molecule has 0 spiro atoms. The van der Waals surface area contributed by atoms with Crippen molar-refractivity contribution in [1.82, 2.24) is 9.78 Å². The molecule has 0 aliphatic rings. The lowest BCUT2D eigenvalue weighted by Crippen LogP contribution is -2.29. The van der Waals surface area contributed by atoms with Gasteiger partial charge in [-0.3, -0.25) is 4.68 Å². The molecule has 0 saturated heterocycles. The van der Waals surface area contributed by atoms with Crippen molar-refractivity contribution in [2.75, 3.05) is 0 Å². The number of hydrogen-bond donors (Lipinski definition) is 1. The monoisotopic (exact) mass is 216 g/mol. The van der Waals surface area contributed by atoms with E-state index >= 15 is 0 Å². The van der Waals surface area contributed by atoms with Crippen molar-refractivity contribution >= 4 is 0 Å². The third-order valence-corrected chi connectivity index (χ3v) is 3.01. The molecule has 1 unspecified atom stereocenters. The topological polar surface area (TPSA) is 38.1 Å². The number of benzene rings is 1. The molecule has 1 heterocycles. The lowest BCUT2D eigenvalue weighted by molar-refractivity contribution is 0.0677. The van der Waals surface area contributed by atoms with Gasteiger partial charge < -0.3 is 5.11 Å². The molecule has 0 bridgehead atoms. The Morgan fingerprint density at radius 1 is 1.25 bits per heavy atom. The fourth-order valence-electron chi connectivity index (χ4n) is 2.03. The highest BCUT2D eigenvalue weighted by Gasteiger charge is 2.31. The molecule has 16 heavy (non-hydrogen) atoms. The number of aromatic nitrogens is 2. The van der Waals surface area contributed by atoms with Crippen LogP contribution in [0, 0.1) is 0 Å². The molecule has 0 saturated carbocycles. The molecule has 0 aliphatic heterocycles. The Balaban J connectivity index is 2.53. The van der Waals surface area contributed by atoms with Crippen molar-refractivity contribution in [3.05, 3.63) is 53.9 Å². The van der Waals surface area contributed by atoms with Gasteiger partial charge in [-0.15, -0.1) is 0 Å². The van der Waals surface area contributed by atoms with Gasteiger partial charge in [0.05, 0.1) is 5.69 Å². The summed E-state index contributed by atoms with van der Waals surface area (Å²) >= 11 is 0. The molecule has 1 aromatic heterocycles. The van der Waals surface area contributed by atoms with Crippen molar-refractivity contribution in [2.45, 2.75) is 18.9 Å². The zero-order valence-electron chi connectivity index (χ0n) is 9.59. The van der Waals surface area contributed by atoms with Crippen LogP contribution in [0.25, 0.3) is 0 Å². The first-order chi connectivity index (χ1) is 7.68. The summed E-state index contributed by atoms with van der Waals surface area (Å²) in [5.41, 5.74) is 0.772. The average molecular weight is 216 g/mol. The third-order valence-electron chi connectivity index (χ3n) is 3.01. The fraction of sp³-hybridized carbons (Fsp3) is 0.308. The van der Waals surface area contributed by atoms with Gasteiger partial charge in [-0.05, 0) is 18.1 Å². The SMILES string of the molecule is CCC(O)(c1ccccc1)c1ccnn1C. The Labute approximate surface area is 95.3 Å². The molecule has 1 atom stereocenters. The molecule has 1 N–H and O–H groups in total. The largest absolute Gasteiger partial charge is 0.379 e. The maximum Gasteiger partial charge on any atom is 0.131 e. The maximum atomic E-state index is 10.8. The van der Waals surface area contributed by atoms with Crippen LogP contribution in [0.5, 0.6) is 0 Å². The summed E-state index contributed by atoms with van der Waals surface area (Å²) in [5, 5.41) is 14.9. The fourth-order valence-corrected chi connectivity index (χ4v) is 2.03. The Kier molecular flexibility index (Phi) is 2.79. The van der Waals surface area contributed by atoms with E-state index in [-0.39, 0.29) is 0 Å². The quantitative estimate of drug-likeness (QED) is 0.853. The second-order valence-corrected chi connectivity index (χ2v) is 3.92. The number of nitrogens with zero attached hydrogens (tertiary/aromatic N) is 2. The van der Waals surface area contributed by atoms with E-state index in [9.17, 15) is 5.11 Å². The summed E-state index contributed by atoms with van der Waals surface area (Å²) in [6.07, 6.45) is 2.33. The second-order valence-electron chi connectivity index (χ2n) is 3.92. The van der Waals surface area contributed by atoms with Gasteiger partial charge in [0, 0.05) is 13.2 Å². The first kappa shape index (κ1) is 10.9. The Hall–Kier alpha value is -1.61. The summed E-state index contributed by atoms with van der Waals surface area (Å²) in [6, 6.07) is 11.6. The molecule has 0 aliphatic carbocycles. The van der Waals surface area contributed by atoms with Crippen LogP contribution in [0.1, 0.15) is 24.6 Å². The van der Waals surface area contributed by atoms with Crippen LogP contribution in [0.4, 0.5) is 0 Å². The van der Waals surface area contributed by atoms with E-state index in [1.54, 1.807) is 10.9 Å². The van der Waals surface area contributed by atoms with Crippen LogP contribution in [0.15, 0.2) is 42.6 Å². The molecule has 3 heteroatoms. The zero-order valence-corrected chi connectivity index (χ0v) is 9.59. The van der Waals surface area contributed by atoms with Gasteiger partial charge in [0.2, 0.25) is 0 Å². The number of aryl methyl sites for hydroxylation is 1. The smallest absolute Gasteiger partial charge is 0.131 e. The van der Waals surface area contributed by atoms with Gasteiger partial charge in [0.25, 0.3) is 0 Å². The van der Waals surface area contributed by atoms with Gasteiger partial charge >= 0.3 is 0 Å². The molecule has 1 aromatic carbocycles. The molecule has 2 rings (SSSR count). The zero-order chi connectivity index (χ0) is 11.6. The number of aliphatic hydroxyl groups is 1. The van der Waals surface area contributed by atoms with Gasteiger partial charge in [-0.25, -0.2) is 0 Å². The molecule has 3 nitrogen and oxygen atoms in total. The average Bonchev–Trinajstić information content (AvgIpc) is 2.76. The standard InChI is InChI=1S/C13H16N2O/c1-3-13(16,11-7-5-4-6-8-11)12-9-10-14-15(12)2/h4-10,16H,3H2,1-2H3. The summed E-state index contributed by atoms with van der Waals surface area (Å²) in [6.45, 7) is 1.97. The van der Waals surface area contributed by atoms with Crippen molar-refractivity contribution in [3.63, 3.8) is 0 Å². The maximum absolute atomic E-state index is 10.8. The molecule has 0 fully saturated rings. The molecular formula is C13H16N2O. The first-order valence-electron chi connectivity index (χ1n) is 5.45. The van der Waals surface area contributed by atoms with Gasteiger partial charge in [-0.2, -0.15) is 5.10 Å². The molecule has 0 radical (unpaired) electrons. The highest BCUT2D eigenvalue weighted by molar-refractivity contribution is 5.31. The highest BCUT2D eigenvalue weighted by Crippen LogP contribution is 2.31. The van der Waals surface area contributed by atoms with Crippen molar-refractivity contribution in [3.8, 4) is 0 Å². The minimum Gasteiger partial charge on any atom is -0.379 e.